The zero-order valence-electron chi connectivity index (χ0n) is 9.94. The topological polar surface area (TPSA) is 21.3 Å². The van der Waals surface area contributed by atoms with Crippen LogP contribution in [0.25, 0.3) is 0 Å². The van der Waals surface area contributed by atoms with Crippen molar-refractivity contribution in [2.24, 2.45) is 0 Å². The van der Waals surface area contributed by atoms with E-state index < -0.39 is 0 Å². The van der Waals surface area contributed by atoms with Crippen LogP contribution in [0.5, 0.6) is 0 Å². The molecule has 14 heavy (non-hydrogen) atoms. The Morgan fingerprint density at radius 3 is 2.57 bits per heavy atom. The minimum absolute atomic E-state index is 0.536. The van der Waals surface area contributed by atoms with Gasteiger partial charge in [-0.25, -0.2) is 0 Å². The summed E-state index contributed by atoms with van der Waals surface area (Å²) in [6.45, 7) is 13.1. The molecule has 0 aromatic carbocycles. The van der Waals surface area contributed by atoms with Crippen molar-refractivity contribution in [3.8, 4) is 0 Å². The van der Waals surface area contributed by atoms with Gasteiger partial charge in [-0.3, -0.25) is 0 Å². The predicted molar refractivity (Wildman–Crippen MR) is 62.6 cm³/mol. The van der Waals surface area contributed by atoms with Gasteiger partial charge in [-0.15, -0.1) is 6.58 Å². The van der Waals surface area contributed by atoms with Gasteiger partial charge in [-0.1, -0.05) is 19.4 Å². The molecular formula is C12H25NO. The van der Waals surface area contributed by atoms with Crippen LogP contribution in [-0.4, -0.2) is 25.8 Å². The summed E-state index contributed by atoms with van der Waals surface area (Å²) in [6.07, 6.45) is 3.25. The Labute approximate surface area is 88.7 Å². The Morgan fingerprint density at radius 2 is 2.07 bits per heavy atom. The molecule has 1 atom stereocenters. The van der Waals surface area contributed by atoms with Gasteiger partial charge in [-0.05, 0) is 32.7 Å². The van der Waals surface area contributed by atoms with Crippen LogP contribution in [0.15, 0.2) is 12.2 Å². The van der Waals surface area contributed by atoms with Gasteiger partial charge in [0.15, 0.2) is 0 Å². The third-order valence-corrected chi connectivity index (χ3v) is 2.05. The molecule has 0 spiro atoms. The maximum Gasteiger partial charge on any atom is 0.0480 e. The largest absolute Gasteiger partial charge is 0.381 e. The van der Waals surface area contributed by atoms with E-state index in [0.29, 0.717) is 6.04 Å². The molecule has 0 aromatic heterocycles. The minimum atomic E-state index is 0.536. The molecule has 0 heterocycles. The highest BCUT2D eigenvalue weighted by Crippen LogP contribution is 2.05. The van der Waals surface area contributed by atoms with Crippen LogP contribution in [-0.2, 0) is 4.74 Å². The van der Waals surface area contributed by atoms with Gasteiger partial charge in [0.1, 0.15) is 0 Å². The van der Waals surface area contributed by atoms with E-state index in [0.717, 1.165) is 39.0 Å². The molecule has 0 saturated heterocycles. The molecule has 0 amide bonds. The van der Waals surface area contributed by atoms with E-state index in [2.05, 4.69) is 32.7 Å². The van der Waals surface area contributed by atoms with E-state index in [4.69, 9.17) is 4.74 Å². The average molecular weight is 199 g/mol. The van der Waals surface area contributed by atoms with Crippen molar-refractivity contribution in [1.82, 2.24) is 5.32 Å². The summed E-state index contributed by atoms with van der Waals surface area (Å²) >= 11 is 0. The van der Waals surface area contributed by atoms with E-state index in [1.165, 1.54) is 5.57 Å². The molecule has 0 radical (unpaired) electrons. The molecule has 0 aliphatic carbocycles. The van der Waals surface area contributed by atoms with E-state index >= 15 is 0 Å². The Morgan fingerprint density at radius 1 is 1.36 bits per heavy atom. The molecule has 0 fully saturated rings. The van der Waals surface area contributed by atoms with Crippen LogP contribution in [0.1, 0.15) is 40.0 Å². The molecular weight excluding hydrogens is 174 g/mol. The molecule has 2 nitrogen and oxygen atoms in total. The van der Waals surface area contributed by atoms with Crippen LogP contribution in [0.3, 0.4) is 0 Å². The minimum Gasteiger partial charge on any atom is -0.381 e. The molecule has 0 aliphatic rings. The second-order valence-corrected chi connectivity index (χ2v) is 3.82. The molecule has 0 aromatic rings. The average Bonchev–Trinajstić information content (AvgIpc) is 2.12. The number of rotatable bonds is 9. The molecule has 0 bridgehead atoms. The lowest BCUT2D eigenvalue weighted by Crippen LogP contribution is -2.30. The summed E-state index contributed by atoms with van der Waals surface area (Å²) < 4.78 is 5.47. The first kappa shape index (κ1) is 13.7. The Kier molecular flexibility index (Phi) is 9.00. The zero-order valence-corrected chi connectivity index (χ0v) is 9.94. The van der Waals surface area contributed by atoms with Crippen LogP contribution in [0.4, 0.5) is 0 Å². The molecule has 1 N–H and O–H groups in total. The highest BCUT2D eigenvalue weighted by molar-refractivity contribution is 4.92. The van der Waals surface area contributed by atoms with Gasteiger partial charge in [-0.2, -0.15) is 0 Å². The summed E-state index contributed by atoms with van der Waals surface area (Å²) in [6, 6.07) is 0.536. The normalized spacial score (nSPS) is 12.8. The van der Waals surface area contributed by atoms with Gasteiger partial charge in [0, 0.05) is 19.3 Å². The quantitative estimate of drug-likeness (QED) is 0.455. The van der Waals surface area contributed by atoms with Gasteiger partial charge >= 0.3 is 0 Å². The Balaban J connectivity index is 3.56. The SMILES string of the molecule is C=C(C)CC(CCOCCC)NCC. The smallest absolute Gasteiger partial charge is 0.0480 e. The highest BCUT2D eigenvalue weighted by atomic mass is 16.5. The first-order valence-electron chi connectivity index (χ1n) is 5.66. The third kappa shape index (κ3) is 8.27. The summed E-state index contributed by atoms with van der Waals surface area (Å²) in [5.74, 6) is 0. The molecule has 0 aliphatic heterocycles. The van der Waals surface area contributed by atoms with Crippen molar-refractivity contribution in [2.75, 3.05) is 19.8 Å². The molecule has 0 rings (SSSR count). The maximum atomic E-state index is 5.47. The second kappa shape index (κ2) is 9.22. The summed E-state index contributed by atoms with van der Waals surface area (Å²) in [4.78, 5) is 0. The summed E-state index contributed by atoms with van der Waals surface area (Å²) in [5.41, 5.74) is 1.24. The lowest BCUT2D eigenvalue weighted by Gasteiger charge is -2.17. The molecule has 0 saturated carbocycles. The van der Waals surface area contributed by atoms with Crippen molar-refractivity contribution in [3.05, 3.63) is 12.2 Å². The molecule has 1 unspecified atom stereocenters. The third-order valence-electron chi connectivity index (χ3n) is 2.05. The fraction of sp³-hybridized carbons (Fsp3) is 0.833. The molecule has 84 valence electrons. The Hall–Kier alpha value is -0.340. The predicted octanol–water partition coefficient (Wildman–Crippen LogP) is 2.75. The fourth-order valence-corrected chi connectivity index (χ4v) is 1.46. The van der Waals surface area contributed by atoms with E-state index in [1.807, 2.05) is 0 Å². The zero-order chi connectivity index (χ0) is 10.8. The number of hydrogen-bond acceptors (Lipinski definition) is 2. The Bertz CT molecular complexity index is 145. The summed E-state index contributed by atoms with van der Waals surface area (Å²) in [5, 5.41) is 3.45. The van der Waals surface area contributed by atoms with Gasteiger partial charge in [0.25, 0.3) is 0 Å². The maximum absolute atomic E-state index is 5.47. The van der Waals surface area contributed by atoms with Crippen molar-refractivity contribution in [2.45, 2.75) is 46.1 Å². The van der Waals surface area contributed by atoms with Crippen molar-refractivity contribution in [1.29, 1.82) is 0 Å². The first-order valence-corrected chi connectivity index (χ1v) is 5.66. The lowest BCUT2D eigenvalue weighted by molar-refractivity contribution is 0.124. The van der Waals surface area contributed by atoms with E-state index in [-0.39, 0.29) is 0 Å². The van der Waals surface area contributed by atoms with Crippen LogP contribution in [0.2, 0.25) is 0 Å². The monoisotopic (exact) mass is 199 g/mol. The highest BCUT2D eigenvalue weighted by Gasteiger charge is 2.06. The van der Waals surface area contributed by atoms with Gasteiger partial charge < -0.3 is 10.1 Å². The number of ether oxygens (including phenoxy) is 1. The van der Waals surface area contributed by atoms with Gasteiger partial charge in [0.2, 0.25) is 0 Å². The van der Waals surface area contributed by atoms with Crippen molar-refractivity contribution in [3.63, 3.8) is 0 Å². The lowest BCUT2D eigenvalue weighted by atomic mass is 10.1. The second-order valence-electron chi connectivity index (χ2n) is 3.82. The fourth-order valence-electron chi connectivity index (χ4n) is 1.46. The number of nitrogens with one attached hydrogen (secondary N) is 1. The standard InChI is InChI=1S/C12H25NO/c1-5-8-14-9-7-12(13-6-2)10-11(3)4/h12-13H,3,5-10H2,1-2,4H3. The van der Waals surface area contributed by atoms with Crippen molar-refractivity contribution < 1.29 is 4.74 Å². The first-order chi connectivity index (χ1) is 6.70. The van der Waals surface area contributed by atoms with Crippen LogP contribution in [0, 0.1) is 0 Å². The molecule has 2 heteroatoms. The van der Waals surface area contributed by atoms with Crippen LogP contribution >= 0.6 is 0 Å². The summed E-state index contributed by atoms with van der Waals surface area (Å²) in [7, 11) is 0. The number of hydrogen-bond donors (Lipinski definition) is 1. The van der Waals surface area contributed by atoms with E-state index in [9.17, 15) is 0 Å². The van der Waals surface area contributed by atoms with Gasteiger partial charge in [0.05, 0.1) is 0 Å². The van der Waals surface area contributed by atoms with E-state index in [1.54, 1.807) is 0 Å². The van der Waals surface area contributed by atoms with Crippen LogP contribution < -0.4 is 5.32 Å². The van der Waals surface area contributed by atoms with Crippen molar-refractivity contribution >= 4 is 0 Å².